The van der Waals surface area contributed by atoms with Crippen molar-refractivity contribution in [2.75, 3.05) is 26.4 Å². The molecule has 3 heterocycles. The van der Waals surface area contributed by atoms with Crippen LogP contribution < -0.4 is 24.3 Å². The van der Waals surface area contributed by atoms with Crippen LogP contribution in [-0.4, -0.2) is 49.3 Å². The minimum atomic E-state index is -1.19. The number of nitrogens with one attached hydrogen (secondary N) is 1. The molecule has 2 aromatic rings. The Morgan fingerprint density at radius 3 is 2.55 bits per heavy atom. The second-order valence-corrected chi connectivity index (χ2v) is 7.33. The van der Waals surface area contributed by atoms with Crippen molar-refractivity contribution in [3.05, 3.63) is 48.0 Å². The first kappa shape index (κ1) is 17.7. The van der Waals surface area contributed by atoms with Gasteiger partial charge in [-0.25, -0.2) is 4.79 Å². The van der Waals surface area contributed by atoms with Crippen molar-refractivity contribution in [1.29, 1.82) is 0 Å². The average Bonchev–Trinajstić information content (AvgIpc) is 2.97. The maximum absolute atomic E-state index is 13.2. The number of amides is 3. The van der Waals surface area contributed by atoms with E-state index in [1.54, 1.807) is 31.2 Å². The molecule has 1 fully saturated rings. The number of ether oxygens (including phenoxy) is 4. The van der Waals surface area contributed by atoms with E-state index in [1.165, 1.54) is 4.90 Å². The normalized spacial score (nSPS) is 25.0. The van der Waals surface area contributed by atoms with Crippen LogP contribution in [-0.2, 0) is 10.3 Å². The zero-order valence-electron chi connectivity index (χ0n) is 15.8. The Morgan fingerprint density at radius 1 is 1.00 bits per heavy atom. The minimum absolute atomic E-state index is 0.0964. The van der Waals surface area contributed by atoms with Gasteiger partial charge >= 0.3 is 6.03 Å². The van der Waals surface area contributed by atoms with Gasteiger partial charge in [-0.15, -0.1) is 0 Å². The van der Waals surface area contributed by atoms with E-state index in [0.29, 0.717) is 41.8 Å². The van der Waals surface area contributed by atoms with Gasteiger partial charge in [-0.2, -0.15) is 0 Å². The lowest BCUT2D eigenvalue weighted by Crippen LogP contribution is -2.45. The lowest BCUT2D eigenvalue weighted by atomic mass is 9.91. The molecule has 0 radical (unpaired) electrons. The Labute approximate surface area is 167 Å². The predicted molar refractivity (Wildman–Crippen MR) is 101 cm³/mol. The Bertz CT molecular complexity index is 993. The smallest absolute Gasteiger partial charge is 0.325 e. The largest absolute Gasteiger partial charge is 0.486 e. The van der Waals surface area contributed by atoms with Crippen LogP contribution in [0.4, 0.5) is 4.79 Å². The van der Waals surface area contributed by atoms with Gasteiger partial charge in [0.15, 0.2) is 29.1 Å². The lowest BCUT2D eigenvalue weighted by Gasteiger charge is -2.29. The first-order valence-electron chi connectivity index (χ1n) is 9.47. The van der Waals surface area contributed by atoms with Crippen LogP contribution in [0.15, 0.2) is 42.5 Å². The molecule has 0 spiro atoms. The molecule has 2 unspecified atom stereocenters. The molecular formula is C21H20N2O6. The molecule has 0 bridgehead atoms. The fourth-order valence-electron chi connectivity index (χ4n) is 3.77. The van der Waals surface area contributed by atoms with Gasteiger partial charge in [0.2, 0.25) is 0 Å². The molecule has 1 saturated heterocycles. The number of nitrogens with zero attached hydrogens (tertiary/aromatic N) is 1. The van der Waals surface area contributed by atoms with E-state index in [9.17, 15) is 9.59 Å². The molecule has 3 aliphatic rings. The van der Waals surface area contributed by atoms with E-state index in [-0.39, 0.29) is 19.1 Å². The number of carbonyl (C=O) groups is 2. The number of para-hydroxylation sites is 2. The van der Waals surface area contributed by atoms with Crippen molar-refractivity contribution < 1.29 is 28.5 Å². The maximum atomic E-state index is 13.2. The third kappa shape index (κ3) is 2.91. The molecule has 150 valence electrons. The summed E-state index contributed by atoms with van der Waals surface area (Å²) in [7, 11) is 0. The van der Waals surface area contributed by atoms with Crippen molar-refractivity contribution in [2.24, 2.45) is 0 Å². The van der Waals surface area contributed by atoms with Gasteiger partial charge in [-0.3, -0.25) is 9.69 Å². The highest BCUT2D eigenvalue weighted by atomic mass is 16.6. The molecule has 0 aliphatic carbocycles. The van der Waals surface area contributed by atoms with Gasteiger partial charge in [0, 0.05) is 0 Å². The van der Waals surface area contributed by atoms with Crippen molar-refractivity contribution in [3.63, 3.8) is 0 Å². The van der Waals surface area contributed by atoms with Gasteiger partial charge in [0.1, 0.15) is 25.4 Å². The number of fused-ring (bicyclic) bond motifs is 2. The molecule has 2 aromatic carbocycles. The summed E-state index contributed by atoms with van der Waals surface area (Å²) in [5, 5.41) is 2.81. The molecule has 1 N–H and O–H groups in total. The third-order valence-corrected chi connectivity index (χ3v) is 5.35. The number of hydrogen-bond acceptors (Lipinski definition) is 6. The molecule has 3 aliphatic heterocycles. The Morgan fingerprint density at radius 2 is 1.72 bits per heavy atom. The first-order chi connectivity index (χ1) is 14.0. The van der Waals surface area contributed by atoms with Crippen LogP contribution in [0.25, 0.3) is 0 Å². The molecule has 0 aromatic heterocycles. The lowest BCUT2D eigenvalue weighted by molar-refractivity contribution is -0.132. The molecule has 5 rings (SSSR count). The summed E-state index contributed by atoms with van der Waals surface area (Å²) >= 11 is 0. The Balaban J connectivity index is 1.36. The summed E-state index contributed by atoms with van der Waals surface area (Å²) in [5.74, 6) is 2.11. The number of rotatable bonds is 3. The van der Waals surface area contributed by atoms with Crippen LogP contribution in [0, 0.1) is 0 Å². The van der Waals surface area contributed by atoms with E-state index in [2.05, 4.69) is 5.32 Å². The van der Waals surface area contributed by atoms with Crippen molar-refractivity contribution >= 4 is 11.9 Å². The summed E-state index contributed by atoms with van der Waals surface area (Å²) in [6.45, 7) is 2.97. The van der Waals surface area contributed by atoms with Crippen LogP contribution in [0.2, 0.25) is 0 Å². The van der Waals surface area contributed by atoms with Crippen LogP contribution in [0.1, 0.15) is 12.5 Å². The van der Waals surface area contributed by atoms with Gasteiger partial charge in [-0.1, -0.05) is 18.2 Å². The van der Waals surface area contributed by atoms with Crippen molar-refractivity contribution in [3.8, 4) is 23.0 Å². The molecule has 2 atom stereocenters. The highest BCUT2D eigenvalue weighted by molar-refractivity contribution is 6.07. The zero-order chi connectivity index (χ0) is 20.0. The van der Waals surface area contributed by atoms with Crippen LogP contribution >= 0.6 is 0 Å². The second kappa shape index (κ2) is 6.58. The molecule has 8 nitrogen and oxygen atoms in total. The van der Waals surface area contributed by atoms with E-state index >= 15 is 0 Å². The average molecular weight is 396 g/mol. The number of hydrogen-bond donors (Lipinski definition) is 1. The number of urea groups is 1. The maximum Gasteiger partial charge on any atom is 0.325 e. The quantitative estimate of drug-likeness (QED) is 0.800. The molecular weight excluding hydrogens is 376 g/mol. The zero-order valence-corrected chi connectivity index (χ0v) is 15.8. The molecule has 0 saturated carbocycles. The number of benzene rings is 2. The highest BCUT2D eigenvalue weighted by Gasteiger charge is 2.50. The van der Waals surface area contributed by atoms with Crippen LogP contribution in [0.5, 0.6) is 23.0 Å². The van der Waals surface area contributed by atoms with Gasteiger partial charge < -0.3 is 24.3 Å². The first-order valence-corrected chi connectivity index (χ1v) is 9.47. The molecule has 29 heavy (non-hydrogen) atoms. The standard InChI is InChI=1S/C21H20N2O6/c1-21(13-6-7-16-18(10-13)27-9-8-26-16)19(24)23(20(25)22-21)11-14-12-28-15-4-2-3-5-17(15)29-14/h2-7,10,14H,8-9,11-12H2,1H3,(H,22,25). The highest BCUT2D eigenvalue weighted by Crippen LogP contribution is 2.37. The minimum Gasteiger partial charge on any atom is -0.486 e. The van der Waals surface area contributed by atoms with E-state index < -0.39 is 17.7 Å². The third-order valence-electron chi connectivity index (χ3n) is 5.35. The van der Waals surface area contributed by atoms with E-state index in [0.717, 1.165) is 0 Å². The Kier molecular flexibility index (Phi) is 4.01. The van der Waals surface area contributed by atoms with E-state index in [1.807, 2.05) is 18.2 Å². The summed E-state index contributed by atoms with van der Waals surface area (Å²) in [6, 6.07) is 12.1. The topological polar surface area (TPSA) is 86.3 Å². The van der Waals surface area contributed by atoms with Gasteiger partial charge in [-0.05, 0) is 36.8 Å². The molecule has 3 amide bonds. The molecule has 8 heteroatoms. The number of imide groups is 1. The fraction of sp³-hybridized carbons (Fsp3) is 0.333. The van der Waals surface area contributed by atoms with Crippen molar-refractivity contribution in [2.45, 2.75) is 18.6 Å². The Hall–Kier alpha value is -3.42. The van der Waals surface area contributed by atoms with Crippen molar-refractivity contribution in [1.82, 2.24) is 10.2 Å². The SMILES string of the molecule is CC1(c2ccc3c(c2)OCCO3)NC(=O)N(CC2COc3ccccc3O2)C1=O. The summed E-state index contributed by atoms with van der Waals surface area (Å²) in [6.07, 6.45) is -0.442. The second-order valence-electron chi connectivity index (χ2n) is 7.33. The van der Waals surface area contributed by atoms with Crippen LogP contribution in [0.3, 0.4) is 0 Å². The summed E-state index contributed by atoms with van der Waals surface area (Å²) < 4.78 is 22.7. The monoisotopic (exact) mass is 396 g/mol. The van der Waals surface area contributed by atoms with E-state index in [4.69, 9.17) is 18.9 Å². The predicted octanol–water partition coefficient (Wildman–Crippen LogP) is 2.06. The van der Waals surface area contributed by atoms with Gasteiger partial charge in [0.25, 0.3) is 5.91 Å². The summed E-state index contributed by atoms with van der Waals surface area (Å²) in [5.41, 5.74) is -0.561. The van der Waals surface area contributed by atoms with Gasteiger partial charge in [0.05, 0.1) is 6.54 Å². The fourth-order valence-corrected chi connectivity index (χ4v) is 3.77. The summed E-state index contributed by atoms with van der Waals surface area (Å²) in [4.78, 5) is 27.0. The number of carbonyl (C=O) groups excluding carboxylic acids is 2.